The Balaban J connectivity index is 3.26. The lowest BCUT2D eigenvalue weighted by Crippen LogP contribution is -2.46. The van der Waals surface area contributed by atoms with Gasteiger partial charge in [-0.15, -0.1) is 0 Å². The molecule has 0 amide bonds. The summed E-state index contributed by atoms with van der Waals surface area (Å²) in [5.41, 5.74) is -0.736. The lowest BCUT2D eigenvalue weighted by molar-refractivity contribution is -0.137. The Morgan fingerprint density at radius 1 is 1.38 bits per heavy atom. The third kappa shape index (κ3) is 4.67. The summed E-state index contributed by atoms with van der Waals surface area (Å²) in [7, 11) is -3.81. The van der Waals surface area contributed by atoms with Crippen molar-refractivity contribution in [1.82, 2.24) is 4.31 Å². The van der Waals surface area contributed by atoms with Crippen LogP contribution in [0.4, 0.5) is 0 Å². The number of aliphatic carboxylic acids is 1. The highest BCUT2D eigenvalue weighted by molar-refractivity contribution is 9.10. The third-order valence-corrected chi connectivity index (χ3v) is 6.13. The predicted molar refractivity (Wildman–Crippen MR) is 85.0 cm³/mol. The van der Waals surface area contributed by atoms with Gasteiger partial charge in [-0.25, -0.2) is 8.42 Å². The van der Waals surface area contributed by atoms with Crippen LogP contribution in [0, 0.1) is 0 Å². The average Bonchev–Trinajstić information content (AvgIpc) is 2.30. The maximum absolute atomic E-state index is 12.7. The standard InChI is InChI=1S/C13H17BrClNO4S/c1-13(2,3)16(7-6-12(17)18)21(19,20)9-4-5-11(15)10(14)8-9/h4-5,8H,6-7H2,1-3H3,(H,17,18). The lowest BCUT2D eigenvalue weighted by Gasteiger charge is -2.34. The second-order valence-electron chi connectivity index (χ2n) is 5.47. The Kier molecular flexibility index (Phi) is 5.83. The van der Waals surface area contributed by atoms with Gasteiger partial charge in [-0.05, 0) is 54.9 Å². The molecule has 0 aromatic heterocycles. The molecule has 0 bridgehead atoms. The molecule has 8 heteroatoms. The van der Waals surface area contributed by atoms with Gasteiger partial charge in [0.05, 0.1) is 16.3 Å². The van der Waals surface area contributed by atoms with Crippen molar-refractivity contribution in [2.75, 3.05) is 6.54 Å². The zero-order valence-electron chi connectivity index (χ0n) is 11.9. The second kappa shape index (κ2) is 6.64. The van der Waals surface area contributed by atoms with Gasteiger partial charge in [0.15, 0.2) is 0 Å². The van der Waals surface area contributed by atoms with Crippen LogP contribution in [0.25, 0.3) is 0 Å². The summed E-state index contributed by atoms with van der Waals surface area (Å²) in [6.45, 7) is 5.06. The molecule has 1 aromatic carbocycles. The summed E-state index contributed by atoms with van der Waals surface area (Å²) in [5.74, 6) is -1.04. The molecule has 0 aliphatic rings. The number of rotatable bonds is 5. The Morgan fingerprint density at radius 2 is 1.95 bits per heavy atom. The summed E-state index contributed by atoms with van der Waals surface area (Å²) < 4.78 is 27.1. The van der Waals surface area contributed by atoms with E-state index < -0.39 is 21.5 Å². The first-order valence-corrected chi connectivity index (χ1v) is 8.77. The number of carboxylic acid groups (broad SMARTS) is 1. The number of benzene rings is 1. The topological polar surface area (TPSA) is 74.7 Å². The summed E-state index contributed by atoms with van der Waals surface area (Å²) in [6.07, 6.45) is -0.259. The molecule has 0 aliphatic carbocycles. The van der Waals surface area contributed by atoms with Gasteiger partial charge in [0.1, 0.15) is 0 Å². The van der Waals surface area contributed by atoms with Crippen LogP contribution in [0.15, 0.2) is 27.6 Å². The van der Waals surface area contributed by atoms with E-state index in [0.717, 1.165) is 0 Å². The van der Waals surface area contributed by atoms with Crippen LogP contribution in [0.2, 0.25) is 5.02 Å². The SMILES string of the molecule is CC(C)(C)N(CCC(=O)O)S(=O)(=O)c1ccc(Cl)c(Br)c1. The molecule has 1 aromatic rings. The van der Waals surface area contributed by atoms with Gasteiger partial charge in [0.25, 0.3) is 0 Å². The highest BCUT2D eigenvalue weighted by atomic mass is 79.9. The van der Waals surface area contributed by atoms with Crippen LogP contribution >= 0.6 is 27.5 Å². The summed E-state index contributed by atoms with van der Waals surface area (Å²) in [5, 5.41) is 9.20. The first-order chi connectivity index (χ1) is 9.46. The summed E-state index contributed by atoms with van der Waals surface area (Å²) >= 11 is 9.06. The molecule has 0 aliphatic heterocycles. The molecule has 0 fully saturated rings. The molecule has 1 N–H and O–H groups in total. The van der Waals surface area contributed by atoms with Crippen molar-refractivity contribution in [3.05, 3.63) is 27.7 Å². The first-order valence-electron chi connectivity index (χ1n) is 6.16. The number of carbonyl (C=O) groups is 1. The van der Waals surface area contributed by atoms with Crippen molar-refractivity contribution in [3.63, 3.8) is 0 Å². The van der Waals surface area contributed by atoms with Gasteiger partial charge in [-0.2, -0.15) is 4.31 Å². The Hall–Kier alpha value is -0.630. The van der Waals surface area contributed by atoms with E-state index in [1.165, 1.54) is 22.5 Å². The van der Waals surface area contributed by atoms with Crippen LogP contribution < -0.4 is 0 Å². The largest absolute Gasteiger partial charge is 0.481 e. The summed E-state index contributed by atoms with van der Waals surface area (Å²) in [4.78, 5) is 10.8. The van der Waals surface area contributed by atoms with Gasteiger partial charge in [-0.1, -0.05) is 11.6 Å². The van der Waals surface area contributed by atoms with Gasteiger partial charge in [-0.3, -0.25) is 4.79 Å². The molecule has 5 nitrogen and oxygen atoms in total. The van der Waals surface area contributed by atoms with Crippen molar-refractivity contribution in [3.8, 4) is 0 Å². The molecule has 1 rings (SSSR count). The fourth-order valence-corrected chi connectivity index (χ4v) is 4.24. The van der Waals surface area contributed by atoms with Crippen molar-refractivity contribution in [2.24, 2.45) is 0 Å². The third-order valence-electron chi connectivity index (χ3n) is 2.76. The predicted octanol–water partition coefficient (Wildman–Crippen LogP) is 3.37. The minimum Gasteiger partial charge on any atom is -0.481 e. The normalized spacial score (nSPS) is 12.7. The van der Waals surface area contributed by atoms with E-state index in [-0.39, 0.29) is 17.9 Å². The number of nitrogens with zero attached hydrogens (tertiary/aromatic N) is 1. The smallest absolute Gasteiger partial charge is 0.304 e. The molecular weight excluding hydrogens is 382 g/mol. The maximum Gasteiger partial charge on any atom is 0.304 e. The fraction of sp³-hybridized carbons (Fsp3) is 0.462. The van der Waals surface area contributed by atoms with Crippen molar-refractivity contribution >= 4 is 43.5 Å². The van der Waals surface area contributed by atoms with E-state index in [1.807, 2.05) is 0 Å². The van der Waals surface area contributed by atoms with E-state index in [0.29, 0.717) is 9.50 Å². The van der Waals surface area contributed by atoms with Crippen LogP contribution in [0.1, 0.15) is 27.2 Å². The van der Waals surface area contributed by atoms with Crippen molar-refractivity contribution < 1.29 is 18.3 Å². The number of halogens is 2. The van der Waals surface area contributed by atoms with Gasteiger partial charge < -0.3 is 5.11 Å². The van der Waals surface area contributed by atoms with E-state index in [2.05, 4.69) is 15.9 Å². The van der Waals surface area contributed by atoms with Crippen LogP contribution in [0.3, 0.4) is 0 Å². The van der Waals surface area contributed by atoms with Crippen LogP contribution in [-0.4, -0.2) is 35.9 Å². The average molecular weight is 399 g/mol. The van der Waals surface area contributed by atoms with Crippen molar-refractivity contribution in [2.45, 2.75) is 37.6 Å². The minimum atomic E-state index is -3.81. The monoisotopic (exact) mass is 397 g/mol. The molecule has 0 radical (unpaired) electrons. The molecule has 118 valence electrons. The van der Waals surface area contributed by atoms with Gasteiger partial charge in [0.2, 0.25) is 10.0 Å². The number of hydrogen-bond acceptors (Lipinski definition) is 3. The molecule has 0 spiro atoms. The lowest BCUT2D eigenvalue weighted by atomic mass is 10.1. The second-order valence-corrected chi connectivity index (χ2v) is 8.59. The first kappa shape index (κ1) is 18.4. The molecule has 0 heterocycles. The Bertz CT molecular complexity index is 640. The van der Waals surface area contributed by atoms with Crippen molar-refractivity contribution in [1.29, 1.82) is 0 Å². The highest BCUT2D eigenvalue weighted by Crippen LogP contribution is 2.29. The zero-order chi connectivity index (χ0) is 16.4. The van der Waals surface area contributed by atoms with E-state index in [4.69, 9.17) is 16.7 Å². The molecule has 0 saturated carbocycles. The minimum absolute atomic E-state index is 0.0686. The van der Waals surface area contributed by atoms with Gasteiger partial charge >= 0.3 is 5.97 Å². The molecular formula is C13H17BrClNO4S. The Morgan fingerprint density at radius 3 is 2.38 bits per heavy atom. The summed E-state index contributed by atoms with van der Waals surface area (Å²) in [6, 6.07) is 4.30. The van der Waals surface area contributed by atoms with E-state index >= 15 is 0 Å². The highest BCUT2D eigenvalue weighted by Gasteiger charge is 2.34. The van der Waals surface area contributed by atoms with Crippen LogP contribution in [-0.2, 0) is 14.8 Å². The number of hydrogen-bond donors (Lipinski definition) is 1. The van der Waals surface area contributed by atoms with E-state index in [1.54, 1.807) is 20.8 Å². The molecule has 0 saturated heterocycles. The zero-order valence-corrected chi connectivity index (χ0v) is 15.1. The number of sulfonamides is 1. The fourth-order valence-electron chi connectivity index (χ4n) is 1.78. The van der Waals surface area contributed by atoms with Crippen LogP contribution in [0.5, 0.6) is 0 Å². The molecule has 0 unspecified atom stereocenters. The Labute approximate surface area is 138 Å². The quantitative estimate of drug-likeness (QED) is 0.825. The van der Waals surface area contributed by atoms with Gasteiger partial charge in [0, 0.05) is 16.6 Å². The number of carboxylic acids is 1. The van der Waals surface area contributed by atoms with E-state index in [9.17, 15) is 13.2 Å². The maximum atomic E-state index is 12.7. The molecule has 21 heavy (non-hydrogen) atoms. The molecule has 0 atom stereocenters.